The highest BCUT2D eigenvalue weighted by Crippen LogP contribution is 2.32. The lowest BCUT2D eigenvalue weighted by atomic mass is 10.2. The lowest BCUT2D eigenvalue weighted by Gasteiger charge is -2.21. The van der Waals surface area contributed by atoms with Gasteiger partial charge in [0.25, 0.3) is 11.1 Å². The van der Waals surface area contributed by atoms with E-state index >= 15 is 0 Å². The standard InChI is InChI=1S/C20H23NO7S/c1-5-26-17(23)12-27-14-8-6-13(7-9-14)10-15-18(24)21(19(25)29-15)11-16(22)28-20(2,3)4/h6-10H,5,11-12H2,1-4H3. The van der Waals surface area contributed by atoms with Gasteiger partial charge in [0, 0.05) is 0 Å². The number of carbonyl (C=O) groups excluding carboxylic acids is 4. The van der Waals surface area contributed by atoms with Crippen LogP contribution in [0.25, 0.3) is 6.08 Å². The van der Waals surface area contributed by atoms with Crippen LogP contribution in [0.1, 0.15) is 33.3 Å². The van der Waals surface area contributed by atoms with Crippen molar-refractivity contribution < 1.29 is 33.4 Å². The van der Waals surface area contributed by atoms with Crippen molar-refractivity contribution in [3.63, 3.8) is 0 Å². The number of hydrogen-bond acceptors (Lipinski definition) is 8. The van der Waals surface area contributed by atoms with E-state index in [1.807, 2.05) is 0 Å². The average molecular weight is 421 g/mol. The van der Waals surface area contributed by atoms with Gasteiger partial charge in [0.15, 0.2) is 6.61 Å². The van der Waals surface area contributed by atoms with Crippen molar-refractivity contribution in [2.75, 3.05) is 19.8 Å². The van der Waals surface area contributed by atoms with Gasteiger partial charge in [0.05, 0.1) is 11.5 Å². The molecule has 0 atom stereocenters. The maximum Gasteiger partial charge on any atom is 0.344 e. The first-order chi connectivity index (χ1) is 13.6. The molecule has 1 aromatic carbocycles. The van der Waals surface area contributed by atoms with Crippen LogP contribution in [0.3, 0.4) is 0 Å². The van der Waals surface area contributed by atoms with Crippen molar-refractivity contribution in [3.8, 4) is 5.75 Å². The highest BCUT2D eigenvalue weighted by molar-refractivity contribution is 8.18. The molecule has 8 nitrogen and oxygen atoms in total. The molecule has 0 N–H and O–H groups in total. The van der Waals surface area contributed by atoms with E-state index in [9.17, 15) is 19.2 Å². The van der Waals surface area contributed by atoms with Gasteiger partial charge in [-0.05, 0) is 63.2 Å². The van der Waals surface area contributed by atoms with Crippen molar-refractivity contribution in [1.82, 2.24) is 4.90 Å². The number of amides is 2. The Labute approximate surface area is 173 Å². The van der Waals surface area contributed by atoms with E-state index in [1.165, 1.54) is 0 Å². The fourth-order valence-corrected chi connectivity index (χ4v) is 3.13. The third-order valence-corrected chi connectivity index (χ3v) is 4.33. The Bertz CT molecular complexity index is 824. The molecule has 2 rings (SSSR count). The molecular formula is C20H23NO7S. The van der Waals surface area contributed by atoms with Crippen LogP contribution in [0.4, 0.5) is 4.79 Å². The van der Waals surface area contributed by atoms with Gasteiger partial charge in [0.2, 0.25) is 0 Å². The van der Waals surface area contributed by atoms with Gasteiger partial charge in [-0.1, -0.05) is 12.1 Å². The summed E-state index contributed by atoms with van der Waals surface area (Å²) in [5, 5.41) is -0.526. The van der Waals surface area contributed by atoms with Crippen LogP contribution >= 0.6 is 11.8 Å². The summed E-state index contributed by atoms with van der Waals surface area (Å²) in [6, 6.07) is 6.64. The quantitative estimate of drug-likeness (QED) is 0.489. The maximum atomic E-state index is 12.5. The molecule has 0 radical (unpaired) electrons. The Morgan fingerprint density at radius 2 is 1.76 bits per heavy atom. The molecule has 0 bridgehead atoms. The molecule has 1 aromatic rings. The smallest absolute Gasteiger partial charge is 0.344 e. The van der Waals surface area contributed by atoms with E-state index in [0.717, 1.165) is 16.7 Å². The van der Waals surface area contributed by atoms with Crippen LogP contribution in [0.5, 0.6) is 5.75 Å². The van der Waals surface area contributed by atoms with E-state index in [4.69, 9.17) is 14.2 Å². The Morgan fingerprint density at radius 3 is 2.34 bits per heavy atom. The summed E-state index contributed by atoms with van der Waals surface area (Å²) < 4.78 is 15.2. The minimum Gasteiger partial charge on any atom is -0.482 e. The number of rotatable bonds is 7. The summed E-state index contributed by atoms with van der Waals surface area (Å²) in [4.78, 5) is 48.8. The van der Waals surface area contributed by atoms with Crippen LogP contribution in [-0.2, 0) is 23.9 Å². The zero-order valence-corrected chi connectivity index (χ0v) is 17.5. The molecule has 1 aliphatic rings. The van der Waals surface area contributed by atoms with Crippen molar-refractivity contribution in [2.24, 2.45) is 0 Å². The van der Waals surface area contributed by atoms with E-state index < -0.39 is 35.2 Å². The Balaban J connectivity index is 2.00. The number of ether oxygens (including phenoxy) is 3. The van der Waals surface area contributed by atoms with Crippen LogP contribution in [0.15, 0.2) is 29.2 Å². The number of imide groups is 1. The molecule has 0 unspecified atom stereocenters. The summed E-state index contributed by atoms with van der Waals surface area (Å²) in [6.07, 6.45) is 1.55. The third-order valence-electron chi connectivity index (χ3n) is 3.42. The molecule has 0 aromatic heterocycles. The Hall–Kier alpha value is -2.81. The average Bonchev–Trinajstić information content (AvgIpc) is 2.87. The van der Waals surface area contributed by atoms with Crippen molar-refractivity contribution >= 4 is 40.9 Å². The normalized spacial score (nSPS) is 15.6. The molecule has 0 aliphatic carbocycles. The summed E-state index contributed by atoms with van der Waals surface area (Å²) >= 11 is 0.759. The van der Waals surface area contributed by atoms with E-state index in [2.05, 4.69) is 0 Å². The third kappa shape index (κ3) is 6.94. The fourth-order valence-electron chi connectivity index (χ4n) is 2.30. The van der Waals surface area contributed by atoms with Gasteiger partial charge in [0.1, 0.15) is 17.9 Å². The molecule has 0 spiro atoms. The van der Waals surface area contributed by atoms with Gasteiger partial charge >= 0.3 is 11.9 Å². The molecule has 1 fully saturated rings. The van der Waals surface area contributed by atoms with Crippen molar-refractivity contribution in [1.29, 1.82) is 0 Å². The summed E-state index contributed by atoms with van der Waals surface area (Å²) in [6.45, 7) is 6.48. The summed E-state index contributed by atoms with van der Waals surface area (Å²) in [7, 11) is 0. The zero-order chi connectivity index (χ0) is 21.6. The Kier molecular flexibility index (Phi) is 7.44. The second-order valence-electron chi connectivity index (χ2n) is 7.02. The molecule has 1 aliphatic heterocycles. The number of benzene rings is 1. The van der Waals surface area contributed by atoms with Crippen molar-refractivity contribution in [2.45, 2.75) is 33.3 Å². The SMILES string of the molecule is CCOC(=O)COc1ccc(C=C2SC(=O)N(CC(=O)OC(C)(C)C)C2=O)cc1. The predicted octanol–water partition coefficient (Wildman–Crippen LogP) is 3.01. The highest BCUT2D eigenvalue weighted by atomic mass is 32.2. The molecular weight excluding hydrogens is 398 g/mol. The van der Waals surface area contributed by atoms with Crippen LogP contribution in [-0.4, -0.2) is 53.3 Å². The molecule has 156 valence electrons. The zero-order valence-electron chi connectivity index (χ0n) is 16.7. The van der Waals surface area contributed by atoms with Gasteiger partial charge < -0.3 is 14.2 Å². The van der Waals surface area contributed by atoms with Gasteiger partial charge in [-0.3, -0.25) is 19.3 Å². The molecule has 1 saturated heterocycles. The lowest BCUT2D eigenvalue weighted by Crippen LogP contribution is -2.37. The molecule has 1 heterocycles. The summed E-state index contributed by atoms with van der Waals surface area (Å²) in [5.74, 6) is -1.19. The van der Waals surface area contributed by atoms with Crippen LogP contribution < -0.4 is 4.74 Å². The topological polar surface area (TPSA) is 99.2 Å². The molecule has 2 amide bonds. The largest absolute Gasteiger partial charge is 0.482 e. The monoisotopic (exact) mass is 421 g/mol. The Morgan fingerprint density at radius 1 is 1.10 bits per heavy atom. The number of thioether (sulfide) groups is 1. The first kappa shape index (κ1) is 22.5. The lowest BCUT2D eigenvalue weighted by molar-refractivity contribution is -0.156. The first-order valence-corrected chi connectivity index (χ1v) is 9.76. The minimum atomic E-state index is -0.703. The number of carbonyl (C=O) groups is 4. The van der Waals surface area contributed by atoms with E-state index in [0.29, 0.717) is 11.3 Å². The van der Waals surface area contributed by atoms with Gasteiger partial charge in [-0.15, -0.1) is 0 Å². The molecule has 29 heavy (non-hydrogen) atoms. The fraction of sp³-hybridized carbons (Fsp3) is 0.400. The number of nitrogens with zero attached hydrogens (tertiary/aromatic N) is 1. The number of esters is 2. The highest BCUT2D eigenvalue weighted by Gasteiger charge is 2.37. The predicted molar refractivity (Wildman–Crippen MR) is 107 cm³/mol. The van der Waals surface area contributed by atoms with Crippen LogP contribution in [0, 0.1) is 0 Å². The van der Waals surface area contributed by atoms with E-state index in [1.54, 1.807) is 58.0 Å². The molecule has 0 saturated carbocycles. The van der Waals surface area contributed by atoms with Gasteiger partial charge in [-0.2, -0.15) is 0 Å². The van der Waals surface area contributed by atoms with Gasteiger partial charge in [-0.25, -0.2) is 4.79 Å². The van der Waals surface area contributed by atoms with E-state index in [-0.39, 0.29) is 18.1 Å². The second-order valence-corrected chi connectivity index (χ2v) is 8.01. The molecule has 9 heteroatoms. The maximum absolute atomic E-state index is 12.5. The first-order valence-electron chi connectivity index (χ1n) is 8.94. The summed E-state index contributed by atoms with van der Waals surface area (Å²) in [5.41, 5.74) is -0.0394. The number of hydrogen-bond donors (Lipinski definition) is 0. The van der Waals surface area contributed by atoms with Crippen LogP contribution in [0.2, 0.25) is 0 Å². The second kappa shape index (κ2) is 9.60. The minimum absolute atomic E-state index is 0.198. The van der Waals surface area contributed by atoms with Crippen molar-refractivity contribution in [3.05, 3.63) is 34.7 Å².